The molecular weight excluding hydrogens is 275 g/mol. The van der Waals surface area contributed by atoms with E-state index in [4.69, 9.17) is 4.42 Å². The van der Waals surface area contributed by atoms with Crippen LogP contribution in [0, 0.1) is 12.7 Å². The number of carbonyl (C=O) groups is 1. The third kappa shape index (κ3) is 2.35. The molecule has 0 fully saturated rings. The van der Waals surface area contributed by atoms with Gasteiger partial charge < -0.3 is 4.42 Å². The molecule has 6 heteroatoms. The van der Waals surface area contributed by atoms with Crippen molar-refractivity contribution in [1.29, 1.82) is 0 Å². The third-order valence-electron chi connectivity index (χ3n) is 3.21. The van der Waals surface area contributed by atoms with Crippen LogP contribution in [-0.2, 0) is 6.54 Å². The van der Waals surface area contributed by atoms with Crippen LogP contribution < -0.4 is 5.76 Å². The van der Waals surface area contributed by atoms with Crippen molar-refractivity contribution in [2.24, 2.45) is 0 Å². The first-order chi connectivity index (χ1) is 10.1. The average Bonchev–Trinajstić information content (AvgIpc) is 2.78. The van der Waals surface area contributed by atoms with Crippen LogP contribution in [0.5, 0.6) is 0 Å². The molecular formula is C15H11FN2O3. The lowest BCUT2D eigenvalue weighted by molar-refractivity contribution is 0.0970. The molecule has 106 valence electrons. The van der Waals surface area contributed by atoms with Gasteiger partial charge in [-0.1, -0.05) is 0 Å². The van der Waals surface area contributed by atoms with Crippen molar-refractivity contribution in [1.82, 2.24) is 9.55 Å². The molecule has 3 rings (SSSR count). The topological polar surface area (TPSA) is 65.1 Å². The molecule has 0 aliphatic carbocycles. The summed E-state index contributed by atoms with van der Waals surface area (Å²) in [6, 6.07) is 7.33. The molecule has 0 N–H and O–H groups in total. The molecule has 0 unspecified atom stereocenters. The number of rotatable bonds is 3. The fraction of sp³-hybridized carbons (Fsp3) is 0.133. The third-order valence-corrected chi connectivity index (χ3v) is 3.21. The number of pyridine rings is 1. The van der Waals surface area contributed by atoms with Gasteiger partial charge in [0.1, 0.15) is 5.82 Å². The number of benzene rings is 1. The fourth-order valence-electron chi connectivity index (χ4n) is 2.09. The lowest BCUT2D eigenvalue weighted by atomic mass is 10.1. The summed E-state index contributed by atoms with van der Waals surface area (Å²) in [7, 11) is 0. The number of halogens is 1. The molecule has 0 saturated carbocycles. The molecule has 1 aromatic carbocycles. The van der Waals surface area contributed by atoms with E-state index in [1.54, 1.807) is 19.1 Å². The minimum atomic E-state index is -0.643. The molecule has 5 nitrogen and oxygen atoms in total. The Hall–Kier alpha value is -2.76. The van der Waals surface area contributed by atoms with E-state index >= 15 is 0 Å². The van der Waals surface area contributed by atoms with Gasteiger partial charge in [-0.05, 0) is 42.8 Å². The number of ketones is 1. The average molecular weight is 286 g/mol. The summed E-state index contributed by atoms with van der Waals surface area (Å²) >= 11 is 0. The van der Waals surface area contributed by atoms with Crippen LogP contribution in [0.1, 0.15) is 15.9 Å². The van der Waals surface area contributed by atoms with Crippen LogP contribution in [-0.4, -0.2) is 15.3 Å². The minimum Gasteiger partial charge on any atom is -0.406 e. The number of fused-ring (bicyclic) bond motifs is 1. The van der Waals surface area contributed by atoms with E-state index in [9.17, 15) is 14.0 Å². The van der Waals surface area contributed by atoms with Gasteiger partial charge in [-0.2, -0.15) is 0 Å². The molecule has 0 saturated heterocycles. The molecule has 21 heavy (non-hydrogen) atoms. The zero-order valence-corrected chi connectivity index (χ0v) is 11.2. The summed E-state index contributed by atoms with van der Waals surface area (Å²) in [5, 5.41) is 0. The van der Waals surface area contributed by atoms with Crippen molar-refractivity contribution in [2.45, 2.75) is 13.5 Å². The first kappa shape index (κ1) is 13.2. The molecule has 0 aliphatic heterocycles. The number of carbonyl (C=O) groups excluding carboxylic acids is 1. The van der Waals surface area contributed by atoms with Gasteiger partial charge in [-0.3, -0.25) is 9.36 Å². The van der Waals surface area contributed by atoms with Gasteiger partial charge in [-0.15, -0.1) is 0 Å². The van der Waals surface area contributed by atoms with Crippen LogP contribution >= 0.6 is 0 Å². The molecule has 0 amide bonds. The second kappa shape index (κ2) is 4.97. The molecule has 0 atom stereocenters. The normalized spacial score (nSPS) is 11.0. The van der Waals surface area contributed by atoms with Crippen molar-refractivity contribution in [3.63, 3.8) is 0 Å². The smallest absolute Gasteiger partial charge is 0.406 e. The van der Waals surface area contributed by atoms with Gasteiger partial charge in [0.15, 0.2) is 17.0 Å². The Morgan fingerprint density at radius 3 is 2.95 bits per heavy atom. The fourth-order valence-corrected chi connectivity index (χ4v) is 2.09. The summed E-state index contributed by atoms with van der Waals surface area (Å²) in [5.74, 6) is -1.33. The van der Waals surface area contributed by atoms with E-state index in [0.29, 0.717) is 22.4 Å². The van der Waals surface area contributed by atoms with Gasteiger partial charge in [0.05, 0.1) is 6.54 Å². The maximum Gasteiger partial charge on any atom is 0.421 e. The van der Waals surface area contributed by atoms with Crippen LogP contribution in [0.15, 0.2) is 45.7 Å². The van der Waals surface area contributed by atoms with E-state index < -0.39 is 5.76 Å². The van der Waals surface area contributed by atoms with E-state index in [1.165, 1.54) is 24.4 Å². The highest BCUT2D eigenvalue weighted by Gasteiger charge is 2.15. The number of nitrogens with zero attached hydrogens (tertiary/aromatic N) is 2. The van der Waals surface area contributed by atoms with E-state index in [2.05, 4.69) is 4.98 Å². The Labute approximate surface area is 118 Å². The summed E-state index contributed by atoms with van der Waals surface area (Å²) in [5.41, 5.74) is 1.36. The standard InChI is InChI=1S/C15H11FN2O3/c1-9-7-10(4-5-11(9)16)12(19)8-18-14-13(21-15(18)20)3-2-6-17-14/h2-7H,8H2,1H3. The van der Waals surface area contributed by atoms with Crippen molar-refractivity contribution < 1.29 is 13.6 Å². The van der Waals surface area contributed by atoms with Crippen molar-refractivity contribution in [3.05, 3.63) is 64.0 Å². The molecule has 3 aromatic rings. The van der Waals surface area contributed by atoms with Crippen LogP contribution in [0.2, 0.25) is 0 Å². The number of oxazole rings is 1. The van der Waals surface area contributed by atoms with Crippen molar-refractivity contribution >= 4 is 17.0 Å². The first-order valence-electron chi connectivity index (χ1n) is 6.30. The Bertz CT molecular complexity index is 895. The highest BCUT2D eigenvalue weighted by molar-refractivity contribution is 5.96. The monoisotopic (exact) mass is 286 g/mol. The largest absolute Gasteiger partial charge is 0.421 e. The predicted molar refractivity (Wildman–Crippen MR) is 73.7 cm³/mol. The van der Waals surface area contributed by atoms with E-state index in [1.807, 2.05) is 0 Å². The van der Waals surface area contributed by atoms with Crippen LogP contribution in [0.3, 0.4) is 0 Å². The van der Waals surface area contributed by atoms with Crippen LogP contribution in [0.4, 0.5) is 4.39 Å². The zero-order valence-electron chi connectivity index (χ0n) is 11.2. The minimum absolute atomic E-state index is 0.200. The Kier molecular flexibility index (Phi) is 3.13. The number of hydrogen-bond acceptors (Lipinski definition) is 4. The number of hydrogen-bond donors (Lipinski definition) is 0. The van der Waals surface area contributed by atoms with Gasteiger partial charge in [0.25, 0.3) is 0 Å². The maximum atomic E-state index is 13.2. The molecule has 2 heterocycles. The van der Waals surface area contributed by atoms with Gasteiger partial charge in [-0.25, -0.2) is 14.2 Å². The molecule has 2 aromatic heterocycles. The Balaban J connectivity index is 1.98. The Morgan fingerprint density at radius 1 is 1.38 bits per heavy atom. The lowest BCUT2D eigenvalue weighted by Gasteiger charge is -2.03. The quantitative estimate of drug-likeness (QED) is 0.693. The molecule has 0 bridgehead atoms. The number of aryl methyl sites for hydroxylation is 1. The predicted octanol–water partition coefficient (Wildman–Crippen LogP) is 2.32. The lowest BCUT2D eigenvalue weighted by Crippen LogP contribution is -2.20. The molecule has 0 spiro atoms. The highest BCUT2D eigenvalue weighted by Crippen LogP contribution is 2.13. The van der Waals surface area contributed by atoms with Crippen molar-refractivity contribution in [2.75, 3.05) is 0 Å². The van der Waals surface area contributed by atoms with Crippen molar-refractivity contribution in [3.8, 4) is 0 Å². The summed E-state index contributed by atoms with van der Waals surface area (Å²) in [4.78, 5) is 28.0. The van der Waals surface area contributed by atoms with E-state index in [0.717, 1.165) is 4.57 Å². The first-order valence-corrected chi connectivity index (χ1v) is 6.30. The highest BCUT2D eigenvalue weighted by atomic mass is 19.1. The SMILES string of the molecule is Cc1cc(C(=O)Cn2c(=O)oc3cccnc32)ccc1F. The van der Waals surface area contributed by atoms with Gasteiger partial charge in [0.2, 0.25) is 0 Å². The van der Waals surface area contributed by atoms with Gasteiger partial charge >= 0.3 is 5.76 Å². The summed E-state index contributed by atoms with van der Waals surface area (Å²) in [6.45, 7) is 1.38. The number of Topliss-reactive ketones (excluding diaryl/α,β-unsaturated/α-hetero) is 1. The summed E-state index contributed by atoms with van der Waals surface area (Å²) in [6.07, 6.45) is 1.51. The van der Waals surface area contributed by atoms with Gasteiger partial charge in [0, 0.05) is 11.8 Å². The molecule has 0 radical (unpaired) electrons. The zero-order chi connectivity index (χ0) is 15.0. The number of aromatic nitrogens is 2. The second-order valence-electron chi connectivity index (χ2n) is 4.67. The second-order valence-corrected chi connectivity index (χ2v) is 4.67. The van der Waals surface area contributed by atoms with Crippen LogP contribution in [0.25, 0.3) is 11.2 Å². The Morgan fingerprint density at radius 2 is 2.19 bits per heavy atom. The van der Waals surface area contributed by atoms with E-state index in [-0.39, 0.29) is 18.1 Å². The molecule has 0 aliphatic rings. The summed E-state index contributed by atoms with van der Waals surface area (Å²) < 4.78 is 19.4. The maximum absolute atomic E-state index is 13.2.